The van der Waals surface area contributed by atoms with E-state index in [4.69, 9.17) is 5.73 Å². The van der Waals surface area contributed by atoms with Gasteiger partial charge in [-0.25, -0.2) is 0 Å². The van der Waals surface area contributed by atoms with Crippen LogP contribution in [0.5, 0.6) is 0 Å². The predicted octanol–water partition coefficient (Wildman–Crippen LogP) is 4.02. The Morgan fingerprint density at radius 1 is 1.19 bits per heavy atom. The van der Waals surface area contributed by atoms with Gasteiger partial charge in [-0.2, -0.15) is 0 Å². The highest BCUT2D eigenvalue weighted by molar-refractivity contribution is 5.19. The third-order valence-electron chi connectivity index (χ3n) is 5.13. The number of nitrogens with two attached hydrogens (primary N) is 1. The van der Waals surface area contributed by atoms with Gasteiger partial charge in [0.25, 0.3) is 0 Å². The summed E-state index contributed by atoms with van der Waals surface area (Å²) >= 11 is 0. The van der Waals surface area contributed by atoms with Gasteiger partial charge in [-0.05, 0) is 49.8 Å². The maximum Gasteiger partial charge on any atom is 0.0224 e. The fraction of sp³-hybridized carbons (Fsp3) is 0.684. The lowest BCUT2D eigenvalue weighted by Gasteiger charge is -2.38. The Morgan fingerprint density at radius 3 is 2.43 bits per heavy atom. The molecule has 0 radical (unpaired) electrons. The van der Waals surface area contributed by atoms with Crippen molar-refractivity contribution in [3.8, 4) is 0 Å². The molecular formula is C19H32N2. The van der Waals surface area contributed by atoms with Crippen LogP contribution in [0.4, 0.5) is 0 Å². The van der Waals surface area contributed by atoms with Crippen LogP contribution in [0.25, 0.3) is 0 Å². The average molecular weight is 288 g/mol. The lowest BCUT2D eigenvalue weighted by molar-refractivity contribution is 0.122. The van der Waals surface area contributed by atoms with E-state index in [1.807, 2.05) is 0 Å². The lowest BCUT2D eigenvalue weighted by Crippen LogP contribution is -2.45. The van der Waals surface area contributed by atoms with Gasteiger partial charge in [0, 0.05) is 12.6 Å². The molecule has 2 N–H and O–H groups in total. The molecule has 1 aliphatic rings. The van der Waals surface area contributed by atoms with Crippen molar-refractivity contribution in [2.24, 2.45) is 11.7 Å². The van der Waals surface area contributed by atoms with Gasteiger partial charge in [0.15, 0.2) is 0 Å². The smallest absolute Gasteiger partial charge is 0.0224 e. The van der Waals surface area contributed by atoms with Crippen molar-refractivity contribution >= 4 is 0 Å². The minimum absolute atomic E-state index is 0.544. The van der Waals surface area contributed by atoms with Crippen molar-refractivity contribution in [2.75, 3.05) is 19.6 Å². The molecule has 21 heavy (non-hydrogen) atoms. The largest absolute Gasteiger partial charge is 0.329 e. The molecule has 0 bridgehead atoms. The first kappa shape index (κ1) is 16.5. The summed E-state index contributed by atoms with van der Waals surface area (Å²) < 4.78 is 0. The fourth-order valence-corrected chi connectivity index (χ4v) is 3.74. The molecule has 1 heterocycles. The molecule has 2 rings (SSSR count). The number of benzene rings is 1. The minimum Gasteiger partial charge on any atom is -0.329 e. The monoisotopic (exact) mass is 288 g/mol. The van der Waals surface area contributed by atoms with Crippen LogP contribution in [0.15, 0.2) is 30.3 Å². The van der Waals surface area contributed by atoms with Crippen LogP contribution in [0.3, 0.4) is 0 Å². The van der Waals surface area contributed by atoms with E-state index < -0.39 is 0 Å². The standard InChI is InChI=1S/C19H32N2/c1-3-7-17-10-12-21(13-11-17)19(15-20)14-16(2)18-8-5-4-6-9-18/h4-6,8-9,16-17,19H,3,7,10-15,20H2,1-2H3. The van der Waals surface area contributed by atoms with Gasteiger partial charge in [-0.3, -0.25) is 4.90 Å². The maximum atomic E-state index is 6.08. The molecule has 1 fully saturated rings. The van der Waals surface area contributed by atoms with Crippen molar-refractivity contribution < 1.29 is 0 Å². The molecule has 0 aromatic heterocycles. The molecule has 2 atom stereocenters. The van der Waals surface area contributed by atoms with Gasteiger partial charge in [0.1, 0.15) is 0 Å². The normalized spacial score (nSPS) is 20.3. The van der Waals surface area contributed by atoms with Crippen LogP contribution in [0.2, 0.25) is 0 Å². The third-order valence-corrected chi connectivity index (χ3v) is 5.13. The fourth-order valence-electron chi connectivity index (χ4n) is 3.74. The number of piperidine rings is 1. The number of hydrogen-bond acceptors (Lipinski definition) is 2. The van der Waals surface area contributed by atoms with Crippen LogP contribution < -0.4 is 5.73 Å². The van der Waals surface area contributed by atoms with E-state index in [9.17, 15) is 0 Å². The number of nitrogens with zero attached hydrogens (tertiary/aromatic N) is 1. The summed E-state index contributed by atoms with van der Waals surface area (Å²) in [4.78, 5) is 2.64. The second-order valence-electron chi connectivity index (χ2n) is 6.70. The van der Waals surface area contributed by atoms with Crippen molar-refractivity contribution in [1.82, 2.24) is 4.90 Å². The molecule has 1 aromatic rings. The molecule has 1 aliphatic heterocycles. The number of likely N-dealkylation sites (tertiary alicyclic amines) is 1. The first-order valence-corrected chi connectivity index (χ1v) is 8.73. The highest BCUT2D eigenvalue weighted by Gasteiger charge is 2.25. The molecule has 1 aromatic carbocycles. The van der Waals surface area contributed by atoms with E-state index in [1.165, 1.54) is 50.8 Å². The number of hydrogen-bond donors (Lipinski definition) is 1. The summed E-state index contributed by atoms with van der Waals surface area (Å²) in [5.74, 6) is 1.55. The van der Waals surface area contributed by atoms with Crippen LogP contribution >= 0.6 is 0 Å². The Balaban J connectivity index is 1.86. The highest BCUT2D eigenvalue weighted by Crippen LogP contribution is 2.27. The molecule has 1 saturated heterocycles. The van der Waals surface area contributed by atoms with E-state index in [0.717, 1.165) is 12.5 Å². The Kier molecular flexibility index (Phi) is 6.72. The van der Waals surface area contributed by atoms with Gasteiger partial charge in [0.05, 0.1) is 0 Å². The third kappa shape index (κ3) is 4.82. The molecule has 2 unspecified atom stereocenters. The van der Waals surface area contributed by atoms with Crippen LogP contribution in [0, 0.1) is 5.92 Å². The number of rotatable bonds is 7. The molecule has 0 amide bonds. The molecule has 0 spiro atoms. The maximum absolute atomic E-state index is 6.08. The van der Waals surface area contributed by atoms with E-state index in [0.29, 0.717) is 12.0 Å². The van der Waals surface area contributed by atoms with Crippen molar-refractivity contribution in [2.45, 2.75) is 57.9 Å². The summed E-state index contributed by atoms with van der Waals surface area (Å²) in [5.41, 5.74) is 7.52. The van der Waals surface area contributed by atoms with Crippen LogP contribution in [-0.4, -0.2) is 30.6 Å². The topological polar surface area (TPSA) is 29.3 Å². The predicted molar refractivity (Wildman–Crippen MR) is 91.5 cm³/mol. The summed E-state index contributed by atoms with van der Waals surface area (Å²) in [6.45, 7) is 7.91. The molecule has 2 heteroatoms. The van der Waals surface area contributed by atoms with E-state index >= 15 is 0 Å². The lowest BCUT2D eigenvalue weighted by atomic mass is 9.89. The van der Waals surface area contributed by atoms with Gasteiger partial charge < -0.3 is 5.73 Å². The second kappa shape index (κ2) is 8.55. The molecular weight excluding hydrogens is 256 g/mol. The van der Waals surface area contributed by atoms with Crippen molar-refractivity contribution in [1.29, 1.82) is 0 Å². The molecule has 0 aliphatic carbocycles. The Hall–Kier alpha value is -0.860. The van der Waals surface area contributed by atoms with Gasteiger partial charge in [-0.15, -0.1) is 0 Å². The van der Waals surface area contributed by atoms with Crippen LogP contribution in [0.1, 0.15) is 57.4 Å². The molecule has 118 valence electrons. The zero-order valence-electron chi connectivity index (χ0n) is 13.8. The van der Waals surface area contributed by atoms with Gasteiger partial charge in [-0.1, -0.05) is 57.0 Å². The minimum atomic E-state index is 0.544. The summed E-state index contributed by atoms with van der Waals surface area (Å²) in [5, 5.41) is 0. The quantitative estimate of drug-likeness (QED) is 0.821. The zero-order chi connectivity index (χ0) is 15.1. The van der Waals surface area contributed by atoms with Crippen LogP contribution in [-0.2, 0) is 0 Å². The summed E-state index contributed by atoms with van der Waals surface area (Å²) in [7, 11) is 0. The highest BCUT2D eigenvalue weighted by atomic mass is 15.2. The van der Waals surface area contributed by atoms with E-state index in [1.54, 1.807) is 0 Å². The van der Waals surface area contributed by atoms with Crippen molar-refractivity contribution in [3.63, 3.8) is 0 Å². The van der Waals surface area contributed by atoms with E-state index in [2.05, 4.69) is 49.1 Å². The van der Waals surface area contributed by atoms with Crippen molar-refractivity contribution in [3.05, 3.63) is 35.9 Å². The summed E-state index contributed by atoms with van der Waals surface area (Å²) in [6.07, 6.45) is 6.64. The molecule has 2 nitrogen and oxygen atoms in total. The second-order valence-corrected chi connectivity index (χ2v) is 6.70. The first-order valence-electron chi connectivity index (χ1n) is 8.73. The van der Waals surface area contributed by atoms with E-state index in [-0.39, 0.29) is 0 Å². The zero-order valence-corrected chi connectivity index (χ0v) is 13.8. The SMILES string of the molecule is CCCC1CCN(C(CN)CC(C)c2ccccc2)CC1. The summed E-state index contributed by atoms with van der Waals surface area (Å²) in [6, 6.07) is 11.4. The van der Waals surface area contributed by atoms with Gasteiger partial charge in [0.2, 0.25) is 0 Å². The Labute approximate surface area is 130 Å². The Bertz CT molecular complexity index is 382. The average Bonchev–Trinajstić information content (AvgIpc) is 2.54. The van der Waals surface area contributed by atoms with Gasteiger partial charge >= 0.3 is 0 Å². The first-order chi connectivity index (χ1) is 10.2. The molecule has 0 saturated carbocycles. The Morgan fingerprint density at radius 2 is 1.86 bits per heavy atom.